The molecule has 3 rings (SSSR count). The standard InChI is InChI=1S/C13H16N2O2/c1-8-7-10-9-5-3-4-6-11(9)14-12(10)15(8)13(16)17-2/h3-6,8,10,12,14H,7H2,1-2H3/t8-,10-,12-/m1/s1. The van der Waals surface area contributed by atoms with Crippen LogP contribution in [0.3, 0.4) is 0 Å². The molecule has 4 heteroatoms. The minimum Gasteiger partial charge on any atom is -0.453 e. The first-order valence-electron chi connectivity index (χ1n) is 5.94. The number of hydrogen-bond acceptors (Lipinski definition) is 3. The topological polar surface area (TPSA) is 41.6 Å². The van der Waals surface area contributed by atoms with Gasteiger partial charge >= 0.3 is 6.09 Å². The number of hydrogen-bond donors (Lipinski definition) is 1. The number of rotatable bonds is 0. The van der Waals surface area contributed by atoms with Gasteiger partial charge in [0.15, 0.2) is 0 Å². The molecule has 1 amide bonds. The lowest BCUT2D eigenvalue weighted by Crippen LogP contribution is -2.43. The number of methoxy groups -OCH3 is 1. The van der Waals surface area contributed by atoms with E-state index in [4.69, 9.17) is 4.74 Å². The average molecular weight is 232 g/mol. The van der Waals surface area contributed by atoms with E-state index in [0.717, 1.165) is 12.1 Å². The Labute approximate surface area is 101 Å². The van der Waals surface area contributed by atoms with Crippen molar-refractivity contribution in [3.63, 3.8) is 0 Å². The van der Waals surface area contributed by atoms with E-state index in [1.165, 1.54) is 12.7 Å². The lowest BCUT2D eigenvalue weighted by atomic mass is 9.97. The number of fused-ring (bicyclic) bond motifs is 3. The molecule has 2 heterocycles. The van der Waals surface area contributed by atoms with Crippen LogP contribution in [-0.2, 0) is 4.74 Å². The van der Waals surface area contributed by atoms with Gasteiger partial charge in [-0.15, -0.1) is 0 Å². The molecule has 0 spiro atoms. The van der Waals surface area contributed by atoms with Gasteiger partial charge in [-0.05, 0) is 25.0 Å². The summed E-state index contributed by atoms with van der Waals surface area (Å²) in [4.78, 5) is 13.6. The Hall–Kier alpha value is -1.71. The zero-order valence-electron chi connectivity index (χ0n) is 10.0. The average Bonchev–Trinajstić information content (AvgIpc) is 2.83. The molecule has 0 aliphatic carbocycles. The van der Waals surface area contributed by atoms with E-state index >= 15 is 0 Å². The highest BCUT2D eigenvalue weighted by Crippen LogP contribution is 2.45. The molecule has 0 unspecified atom stereocenters. The second kappa shape index (κ2) is 3.65. The highest BCUT2D eigenvalue weighted by Gasteiger charge is 2.47. The molecule has 4 nitrogen and oxygen atoms in total. The summed E-state index contributed by atoms with van der Waals surface area (Å²) in [5, 5.41) is 3.42. The number of likely N-dealkylation sites (tertiary alicyclic amines) is 1. The molecule has 90 valence electrons. The number of anilines is 1. The van der Waals surface area contributed by atoms with Crippen molar-refractivity contribution >= 4 is 11.8 Å². The van der Waals surface area contributed by atoms with Crippen LogP contribution in [0, 0.1) is 0 Å². The minimum atomic E-state index is -0.245. The van der Waals surface area contributed by atoms with E-state index in [1.807, 2.05) is 17.0 Å². The summed E-state index contributed by atoms with van der Waals surface area (Å²) in [5.41, 5.74) is 2.46. The van der Waals surface area contributed by atoms with Crippen LogP contribution in [0.1, 0.15) is 24.8 Å². The monoisotopic (exact) mass is 232 g/mol. The van der Waals surface area contributed by atoms with Gasteiger partial charge in [0.1, 0.15) is 6.17 Å². The van der Waals surface area contributed by atoms with Crippen molar-refractivity contribution < 1.29 is 9.53 Å². The van der Waals surface area contributed by atoms with Gasteiger partial charge in [0.2, 0.25) is 0 Å². The molecule has 0 saturated carbocycles. The largest absolute Gasteiger partial charge is 0.453 e. The summed E-state index contributed by atoms with van der Waals surface area (Å²) < 4.78 is 4.86. The van der Waals surface area contributed by atoms with E-state index in [-0.39, 0.29) is 18.3 Å². The summed E-state index contributed by atoms with van der Waals surface area (Å²) in [6.45, 7) is 2.07. The van der Waals surface area contributed by atoms with Crippen molar-refractivity contribution in [2.24, 2.45) is 0 Å². The second-order valence-corrected chi connectivity index (χ2v) is 4.74. The number of amides is 1. The lowest BCUT2D eigenvalue weighted by molar-refractivity contribution is 0.110. The van der Waals surface area contributed by atoms with Crippen LogP contribution in [0.4, 0.5) is 10.5 Å². The molecule has 0 bridgehead atoms. The minimum absolute atomic E-state index is 0.0508. The number of nitrogens with one attached hydrogen (secondary N) is 1. The van der Waals surface area contributed by atoms with E-state index in [1.54, 1.807) is 0 Å². The first kappa shape index (κ1) is 10.4. The molecular formula is C13H16N2O2. The van der Waals surface area contributed by atoms with Gasteiger partial charge in [-0.25, -0.2) is 4.79 Å². The zero-order chi connectivity index (χ0) is 12.0. The van der Waals surface area contributed by atoms with Gasteiger partial charge in [0, 0.05) is 17.6 Å². The van der Waals surface area contributed by atoms with Crippen LogP contribution in [0.5, 0.6) is 0 Å². The van der Waals surface area contributed by atoms with Crippen LogP contribution in [-0.4, -0.2) is 30.3 Å². The Morgan fingerprint density at radius 3 is 3.00 bits per heavy atom. The van der Waals surface area contributed by atoms with E-state index in [0.29, 0.717) is 5.92 Å². The Bertz CT molecular complexity index is 460. The summed E-state index contributed by atoms with van der Waals surface area (Å²) in [5.74, 6) is 0.389. The number of carbonyl (C=O) groups is 1. The fourth-order valence-corrected chi connectivity index (χ4v) is 3.06. The lowest BCUT2D eigenvalue weighted by Gasteiger charge is -2.26. The van der Waals surface area contributed by atoms with Gasteiger partial charge in [-0.2, -0.15) is 0 Å². The van der Waals surface area contributed by atoms with Gasteiger partial charge in [0.05, 0.1) is 7.11 Å². The molecule has 2 aliphatic rings. The van der Waals surface area contributed by atoms with Gasteiger partial charge in [-0.1, -0.05) is 18.2 Å². The SMILES string of the molecule is COC(=O)N1[C@H](C)C[C@@H]2c3ccccc3N[C@@H]21. The predicted octanol–water partition coefficient (Wildman–Crippen LogP) is 2.38. The van der Waals surface area contributed by atoms with Crippen LogP contribution < -0.4 is 5.32 Å². The molecule has 3 atom stereocenters. The van der Waals surface area contributed by atoms with Gasteiger partial charge in [-0.3, -0.25) is 4.90 Å². The maximum atomic E-state index is 11.8. The maximum absolute atomic E-state index is 11.8. The van der Waals surface area contributed by atoms with Crippen LogP contribution in [0.15, 0.2) is 24.3 Å². The second-order valence-electron chi connectivity index (χ2n) is 4.74. The predicted molar refractivity (Wildman–Crippen MR) is 64.9 cm³/mol. The Morgan fingerprint density at radius 2 is 2.24 bits per heavy atom. The molecule has 0 radical (unpaired) electrons. The summed E-state index contributed by atoms with van der Waals surface area (Å²) in [6, 6.07) is 8.49. The molecule has 1 N–H and O–H groups in total. The number of ether oxygens (including phenoxy) is 1. The maximum Gasteiger partial charge on any atom is 0.411 e. The molecule has 2 aliphatic heterocycles. The van der Waals surface area contributed by atoms with Crippen molar-refractivity contribution in [2.45, 2.75) is 31.5 Å². The van der Waals surface area contributed by atoms with Gasteiger partial charge in [0.25, 0.3) is 0 Å². The van der Waals surface area contributed by atoms with Crippen molar-refractivity contribution in [3.8, 4) is 0 Å². The molecule has 1 aromatic carbocycles. The number of carbonyl (C=O) groups excluding carboxylic acids is 1. The van der Waals surface area contributed by atoms with Crippen molar-refractivity contribution in [2.75, 3.05) is 12.4 Å². The van der Waals surface area contributed by atoms with Gasteiger partial charge < -0.3 is 10.1 Å². The first-order valence-corrected chi connectivity index (χ1v) is 5.94. The molecule has 1 aromatic rings. The molecule has 17 heavy (non-hydrogen) atoms. The Morgan fingerprint density at radius 1 is 1.47 bits per heavy atom. The number of nitrogens with zero attached hydrogens (tertiary/aromatic N) is 1. The Kier molecular flexibility index (Phi) is 2.24. The summed E-state index contributed by atoms with van der Waals surface area (Å²) >= 11 is 0. The van der Waals surface area contributed by atoms with Crippen LogP contribution in [0.25, 0.3) is 0 Å². The normalized spacial score (nSPS) is 29.5. The van der Waals surface area contributed by atoms with Crippen molar-refractivity contribution in [1.82, 2.24) is 4.90 Å². The van der Waals surface area contributed by atoms with Crippen LogP contribution in [0.2, 0.25) is 0 Å². The summed E-state index contributed by atoms with van der Waals surface area (Å²) in [6.07, 6.45) is 0.796. The highest BCUT2D eigenvalue weighted by atomic mass is 16.5. The smallest absolute Gasteiger partial charge is 0.411 e. The van der Waals surface area contributed by atoms with Crippen LogP contribution >= 0.6 is 0 Å². The highest BCUT2D eigenvalue weighted by molar-refractivity contribution is 5.72. The van der Waals surface area contributed by atoms with Crippen molar-refractivity contribution in [3.05, 3.63) is 29.8 Å². The molecule has 1 fully saturated rings. The third-order valence-corrected chi connectivity index (χ3v) is 3.80. The quantitative estimate of drug-likeness (QED) is 0.746. The van der Waals surface area contributed by atoms with E-state index < -0.39 is 0 Å². The molecular weight excluding hydrogens is 216 g/mol. The molecule has 0 aromatic heterocycles. The third-order valence-electron chi connectivity index (χ3n) is 3.80. The Balaban J connectivity index is 1.95. The first-order chi connectivity index (χ1) is 8.22. The number of benzene rings is 1. The van der Waals surface area contributed by atoms with E-state index in [9.17, 15) is 4.79 Å². The number of para-hydroxylation sites is 1. The third kappa shape index (κ3) is 1.40. The van der Waals surface area contributed by atoms with Crippen molar-refractivity contribution in [1.29, 1.82) is 0 Å². The fourth-order valence-electron chi connectivity index (χ4n) is 3.06. The van der Waals surface area contributed by atoms with E-state index in [2.05, 4.69) is 24.4 Å². The fraction of sp³-hybridized carbons (Fsp3) is 0.462. The molecule has 1 saturated heterocycles. The summed E-state index contributed by atoms with van der Waals surface area (Å²) in [7, 11) is 1.43. The zero-order valence-corrected chi connectivity index (χ0v) is 10.0.